The first kappa shape index (κ1) is 6.81. The minimum atomic E-state index is 0.838. The molecule has 1 rings (SSSR count). The minimum absolute atomic E-state index is 0.838. The highest BCUT2D eigenvalue weighted by Crippen LogP contribution is 2.24. The fraction of sp³-hybridized carbons (Fsp3) is 0.250. The van der Waals surface area contributed by atoms with Gasteiger partial charge in [-0.1, -0.05) is 0 Å². The van der Waals surface area contributed by atoms with Crippen molar-refractivity contribution in [3.63, 3.8) is 0 Å². The average Bonchev–Trinajstić information content (AvgIpc) is 1.98. The summed E-state index contributed by atoms with van der Waals surface area (Å²) in [4.78, 5) is 1.68. The van der Waals surface area contributed by atoms with E-state index in [1.54, 1.807) is 0 Å². The number of hydrogen-bond acceptors (Lipinski definition) is 1. The molecule has 0 unspecified atom stereocenters. The van der Waals surface area contributed by atoms with Gasteiger partial charge in [-0.15, -0.1) is 11.3 Å². The van der Waals surface area contributed by atoms with Gasteiger partial charge in [0.25, 0.3) is 0 Å². The molecule has 0 fully saturated rings. The van der Waals surface area contributed by atoms with Crippen LogP contribution >= 0.6 is 11.3 Å². The van der Waals surface area contributed by atoms with E-state index in [0.717, 1.165) is 20.9 Å². The van der Waals surface area contributed by atoms with Crippen LogP contribution in [-0.2, 0) is 0 Å². The Morgan fingerprint density at radius 2 is 1.33 bits per heavy atom. The Kier molecular flexibility index (Phi) is 1.62. The Bertz CT molecular complexity index is 198. The van der Waals surface area contributed by atoms with Crippen molar-refractivity contribution < 1.29 is 0 Å². The monoisotopic (exact) mass is 136 g/mol. The second kappa shape index (κ2) is 2.14. The van der Waals surface area contributed by atoms with Gasteiger partial charge in [0.2, 0.25) is 0 Å². The van der Waals surface area contributed by atoms with E-state index in [9.17, 15) is 0 Å². The van der Waals surface area contributed by atoms with E-state index < -0.39 is 0 Å². The zero-order valence-corrected chi connectivity index (χ0v) is 6.38. The highest BCUT2D eigenvalue weighted by molar-refractivity contribution is 7.12. The third kappa shape index (κ3) is 1.01. The lowest BCUT2D eigenvalue weighted by atomic mass is 10.2. The van der Waals surface area contributed by atoms with Gasteiger partial charge in [0.05, 0.1) is 0 Å². The predicted molar refractivity (Wildman–Crippen MR) is 40.6 cm³/mol. The van der Waals surface area contributed by atoms with Gasteiger partial charge in [-0.3, -0.25) is 0 Å². The van der Waals surface area contributed by atoms with E-state index >= 15 is 0 Å². The third-order valence-corrected chi connectivity index (χ3v) is 2.57. The predicted octanol–water partition coefficient (Wildman–Crippen LogP) is 2.48. The number of hydrogen-bond donors (Lipinski definition) is 0. The first-order chi connectivity index (χ1) is 4.13. The average molecular weight is 136 g/mol. The molecule has 0 nitrogen and oxygen atoms in total. The zero-order valence-electron chi connectivity index (χ0n) is 5.56. The van der Waals surface area contributed by atoms with Crippen molar-refractivity contribution in [1.82, 2.24) is 0 Å². The molecule has 1 aromatic heterocycles. The summed E-state index contributed by atoms with van der Waals surface area (Å²) in [6, 6.07) is 0. The molecule has 1 heteroatoms. The SMILES string of the molecule is [CH]c1sc([CH])c(C)c1C. The molecule has 1 heterocycles. The largest absolute Gasteiger partial charge is 0.144 e. The van der Waals surface area contributed by atoms with E-state index in [2.05, 4.69) is 0 Å². The van der Waals surface area contributed by atoms with Gasteiger partial charge < -0.3 is 0 Å². The Hall–Kier alpha value is -0.300. The number of rotatable bonds is 0. The molecule has 1 aromatic rings. The van der Waals surface area contributed by atoms with Crippen LogP contribution in [0.3, 0.4) is 0 Å². The Morgan fingerprint density at radius 1 is 1.00 bits per heavy atom. The van der Waals surface area contributed by atoms with Crippen LogP contribution in [0, 0.1) is 27.7 Å². The summed E-state index contributed by atoms with van der Waals surface area (Å²) in [5.74, 6) is 0. The van der Waals surface area contributed by atoms with Gasteiger partial charge in [-0.05, 0) is 25.0 Å². The smallest absolute Gasteiger partial charge is 0.0124 e. The number of thiophene rings is 1. The Balaban J connectivity index is 3.29. The van der Waals surface area contributed by atoms with Crippen LogP contribution in [-0.4, -0.2) is 0 Å². The van der Waals surface area contributed by atoms with Crippen LogP contribution in [0.25, 0.3) is 0 Å². The van der Waals surface area contributed by atoms with Gasteiger partial charge in [0.15, 0.2) is 0 Å². The maximum Gasteiger partial charge on any atom is 0.0124 e. The first-order valence-electron chi connectivity index (χ1n) is 2.74. The van der Waals surface area contributed by atoms with Crippen LogP contribution in [0.2, 0.25) is 0 Å². The fourth-order valence-corrected chi connectivity index (χ4v) is 1.49. The zero-order chi connectivity index (χ0) is 7.02. The standard InChI is InChI=1S/C8H8S/c1-5-6(2)8(4)9-7(5)3/h3-4H,1-2H3. The van der Waals surface area contributed by atoms with E-state index in [1.165, 1.54) is 11.3 Å². The molecule has 4 radical (unpaired) electrons. The molecular formula is C8H8S. The molecule has 9 heavy (non-hydrogen) atoms. The van der Waals surface area contributed by atoms with E-state index in [-0.39, 0.29) is 0 Å². The van der Waals surface area contributed by atoms with Crippen molar-refractivity contribution in [2.75, 3.05) is 0 Å². The molecule has 0 spiro atoms. The van der Waals surface area contributed by atoms with Crippen molar-refractivity contribution in [3.8, 4) is 0 Å². The quantitative estimate of drug-likeness (QED) is 0.514. The van der Waals surface area contributed by atoms with Crippen molar-refractivity contribution in [2.45, 2.75) is 13.8 Å². The Labute approximate surface area is 60.5 Å². The van der Waals surface area contributed by atoms with E-state index in [4.69, 9.17) is 13.8 Å². The van der Waals surface area contributed by atoms with Crippen molar-refractivity contribution in [1.29, 1.82) is 0 Å². The van der Waals surface area contributed by atoms with Crippen LogP contribution in [0.15, 0.2) is 0 Å². The van der Waals surface area contributed by atoms with Crippen LogP contribution in [0.5, 0.6) is 0 Å². The van der Waals surface area contributed by atoms with E-state index in [0.29, 0.717) is 0 Å². The van der Waals surface area contributed by atoms with Gasteiger partial charge in [0.1, 0.15) is 0 Å². The van der Waals surface area contributed by atoms with Crippen molar-refractivity contribution >= 4 is 11.3 Å². The lowest BCUT2D eigenvalue weighted by molar-refractivity contribution is 1.37. The maximum absolute atomic E-state index is 5.58. The van der Waals surface area contributed by atoms with Crippen LogP contribution in [0.4, 0.5) is 0 Å². The third-order valence-electron chi connectivity index (χ3n) is 1.52. The maximum atomic E-state index is 5.58. The second-order valence-corrected chi connectivity index (χ2v) is 3.16. The van der Waals surface area contributed by atoms with Gasteiger partial charge in [0, 0.05) is 23.6 Å². The van der Waals surface area contributed by atoms with Gasteiger partial charge in [-0.2, -0.15) is 0 Å². The lowest BCUT2D eigenvalue weighted by Crippen LogP contribution is -1.73. The minimum Gasteiger partial charge on any atom is -0.144 e. The molecule has 0 aliphatic carbocycles. The summed E-state index contributed by atoms with van der Waals surface area (Å²) in [7, 11) is 0. The van der Waals surface area contributed by atoms with E-state index in [1.807, 2.05) is 13.8 Å². The molecular weight excluding hydrogens is 128 g/mol. The summed E-state index contributed by atoms with van der Waals surface area (Å²) >= 11 is 1.45. The summed E-state index contributed by atoms with van der Waals surface area (Å²) in [6.07, 6.45) is 0. The first-order valence-corrected chi connectivity index (χ1v) is 3.55. The molecule has 46 valence electrons. The molecule has 0 saturated heterocycles. The molecule has 0 aliphatic rings. The fourth-order valence-electron chi connectivity index (χ4n) is 0.641. The summed E-state index contributed by atoms with van der Waals surface area (Å²) in [5, 5.41) is 0. The molecule has 0 saturated carbocycles. The molecule has 0 aromatic carbocycles. The Morgan fingerprint density at radius 3 is 1.44 bits per heavy atom. The molecule has 0 amide bonds. The topological polar surface area (TPSA) is 0 Å². The molecule has 0 N–H and O–H groups in total. The molecule has 0 atom stereocenters. The van der Waals surface area contributed by atoms with Crippen molar-refractivity contribution in [2.24, 2.45) is 0 Å². The normalized spacial score (nSPS) is 10.2. The summed E-state index contributed by atoms with van der Waals surface area (Å²) < 4.78 is 0. The highest BCUT2D eigenvalue weighted by Gasteiger charge is 2.02. The van der Waals surface area contributed by atoms with Crippen LogP contribution in [0.1, 0.15) is 20.9 Å². The van der Waals surface area contributed by atoms with Crippen molar-refractivity contribution in [3.05, 3.63) is 34.7 Å². The molecule has 0 bridgehead atoms. The summed E-state index contributed by atoms with van der Waals surface area (Å²) in [6.45, 7) is 15.1. The lowest BCUT2D eigenvalue weighted by Gasteiger charge is -1.88. The van der Waals surface area contributed by atoms with Gasteiger partial charge in [-0.25, -0.2) is 0 Å². The van der Waals surface area contributed by atoms with Gasteiger partial charge >= 0.3 is 0 Å². The van der Waals surface area contributed by atoms with Crippen LogP contribution < -0.4 is 0 Å². The highest BCUT2D eigenvalue weighted by atomic mass is 32.1. The molecule has 0 aliphatic heterocycles. The second-order valence-electron chi connectivity index (χ2n) is 2.08. The summed E-state index contributed by atoms with van der Waals surface area (Å²) in [5.41, 5.74) is 2.25.